The molecule has 3 N–H and O–H groups in total. The molecule has 25 heavy (non-hydrogen) atoms. The lowest BCUT2D eigenvalue weighted by Gasteiger charge is -2.49. The summed E-state index contributed by atoms with van der Waals surface area (Å²) in [6, 6.07) is 2.37. The summed E-state index contributed by atoms with van der Waals surface area (Å²) in [7, 11) is 0. The molecule has 0 saturated heterocycles. The Morgan fingerprint density at radius 1 is 0.920 bits per heavy atom. The third-order valence-corrected chi connectivity index (χ3v) is 5.72. The number of hydrogen-bond acceptors (Lipinski definition) is 3. The molecule has 0 fully saturated rings. The molecule has 3 heteroatoms. The lowest BCUT2D eigenvalue weighted by Crippen LogP contribution is -2.70. The van der Waals surface area contributed by atoms with E-state index < -0.39 is 0 Å². The first-order valence-electron chi connectivity index (χ1n) is 10.8. The average Bonchev–Trinajstić information content (AvgIpc) is 2.56. The van der Waals surface area contributed by atoms with Gasteiger partial charge in [-0.25, -0.2) is 0 Å². The molecule has 0 aliphatic carbocycles. The van der Waals surface area contributed by atoms with E-state index in [4.69, 9.17) is 0 Å². The molecule has 3 unspecified atom stereocenters. The van der Waals surface area contributed by atoms with Crippen LogP contribution in [0.25, 0.3) is 0 Å². The lowest BCUT2D eigenvalue weighted by molar-refractivity contribution is 0.144. The molecule has 0 aromatic rings. The molecule has 0 aliphatic rings. The molecule has 0 heterocycles. The Morgan fingerprint density at radius 3 is 1.92 bits per heavy atom. The molecule has 0 aromatic carbocycles. The van der Waals surface area contributed by atoms with Gasteiger partial charge in [0.25, 0.3) is 0 Å². The Bertz CT molecular complexity index is 340. The fourth-order valence-electron chi connectivity index (χ4n) is 3.24. The summed E-state index contributed by atoms with van der Waals surface area (Å²) >= 11 is 0. The van der Waals surface area contributed by atoms with Gasteiger partial charge in [-0.2, -0.15) is 0 Å². The van der Waals surface area contributed by atoms with Crippen LogP contribution in [0.3, 0.4) is 0 Å². The fourth-order valence-corrected chi connectivity index (χ4v) is 3.24. The first kappa shape index (κ1) is 24.9. The zero-order chi connectivity index (χ0) is 19.7. The van der Waals surface area contributed by atoms with Crippen LogP contribution in [0, 0.1) is 12.0 Å². The van der Waals surface area contributed by atoms with Crippen molar-refractivity contribution in [1.82, 2.24) is 16.0 Å². The maximum atomic E-state index is 4.00. The number of unbranched alkanes of at least 4 members (excludes halogenated alkanes) is 1. The maximum absolute atomic E-state index is 4.00. The normalized spacial score (nSPS) is 17.8. The van der Waals surface area contributed by atoms with Crippen LogP contribution in [0.15, 0.2) is 0 Å². The number of hydrogen-bond donors (Lipinski definition) is 3. The maximum Gasteiger partial charge on any atom is 0.0897 e. The largest absolute Gasteiger partial charge is 0.304 e. The van der Waals surface area contributed by atoms with Crippen molar-refractivity contribution in [2.75, 3.05) is 0 Å². The Kier molecular flexibility index (Phi) is 11.5. The number of rotatable bonds is 14. The summed E-state index contributed by atoms with van der Waals surface area (Å²) in [5.74, 6) is 0.618. The van der Waals surface area contributed by atoms with Crippen LogP contribution < -0.4 is 16.0 Å². The quantitative estimate of drug-likeness (QED) is 0.355. The minimum Gasteiger partial charge on any atom is -0.304 e. The van der Waals surface area contributed by atoms with Gasteiger partial charge in [0, 0.05) is 17.6 Å². The summed E-state index contributed by atoms with van der Waals surface area (Å²) in [6.45, 7) is 23.0. The zero-order valence-corrected chi connectivity index (χ0v) is 19.0. The van der Waals surface area contributed by atoms with Crippen molar-refractivity contribution in [3.05, 3.63) is 6.04 Å². The van der Waals surface area contributed by atoms with E-state index in [0.717, 1.165) is 19.3 Å². The average molecular weight is 355 g/mol. The smallest absolute Gasteiger partial charge is 0.0897 e. The third-order valence-electron chi connectivity index (χ3n) is 5.72. The topological polar surface area (TPSA) is 36.1 Å². The monoisotopic (exact) mass is 354 g/mol. The Labute approximate surface area is 159 Å². The third kappa shape index (κ3) is 8.41. The molecular formula is C22H48N3. The molecule has 0 saturated carbocycles. The second kappa shape index (κ2) is 11.6. The van der Waals surface area contributed by atoms with Crippen LogP contribution in [0.4, 0.5) is 0 Å². The summed E-state index contributed by atoms with van der Waals surface area (Å²) < 4.78 is 0. The van der Waals surface area contributed by atoms with E-state index in [2.05, 4.69) is 85.2 Å². The van der Waals surface area contributed by atoms with Crippen molar-refractivity contribution in [2.24, 2.45) is 5.92 Å². The van der Waals surface area contributed by atoms with Crippen molar-refractivity contribution in [3.63, 3.8) is 0 Å². The molecule has 0 spiro atoms. The molecule has 3 nitrogen and oxygen atoms in total. The minimum atomic E-state index is -0.162. The van der Waals surface area contributed by atoms with Gasteiger partial charge in [0.1, 0.15) is 0 Å². The van der Waals surface area contributed by atoms with Gasteiger partial charge in [0.15, 0.2) is 0 Å². The van der Waals surface area contributed by atoms with Crippen molar-refractivity contribution >= 4 is 0 Å². The molecule has 0 amide bonds. The first-order valence-corrected chi connectivity index (χ1v) is 10.8. The van der Waals surface area contributed by atoms with Crippen molar-refractivity contribution in [2.45, 2.75) is 131 Å². The van der Waals surface area contributed by atoms with Crippen LogP contribution in [-0.2, 0) is 0 Å². The highest BCUT2D eigenvalue weighted by atomic mass is 15.3. The molecule has 0 bridgehead atoms. The molecular weight excluding hydrogens is 306 g/mol. The summed E-state index contributed by atoms with van der Waals surface area (Å²) in [5, 5.41) is 11.8. The molecule has 0 aliphatic heterocycles. The Hall–Kier alpha value is -0.120. The van der Waals surface area contributed by atoms with E-state index in [1.807, 2.05) is 0 Å². The zero-order valence-electron chi connectivity index (χ0n) is 19.0. The molecule has 0 rings (SSSR count). The summed E-state index contributed by atoms with van der Waals surface area (Å²) in [6.07, 6.45) is 6.94. The van der Waals surface area contributed by atoms with Crippen LogP contribution >= 0.6 is 0 Å². The molecule has 151 valence electrons. The molecule has 1 radical (unpaired) electrons. The van der Waals surface area contributed by atoms with E-state index in [9.17, 15) is 0 Å². The van der Waals surface area contributed by atoms with Crippen LogP contribution in [0.2, 0.25) is 0 Å². The molecule has 3 atom stereocenters. The van der Waals surface area contributed by atoms with Gasteiger partial charge >= 0.3 is 0 Å². The van der Waals surface area contributed by atoms with Crippen molar-refractivity contribution in [1.29, 1.82) is 0 Å². The minimum absolute atomic E-state index is 0.0939. The van der Waals surface area contributed by atoms with Gasteiger partial charge in [-0.15, -0.1) is 0 Å². The van der Waals surface area contributed by atoms with Crippen LogP contribution in [0.1, 0.15) is 108 Å². The van der Waals surface area contributed by atoms with Gasteiger partial charge in [-0.05, 0) is 59.3 Å². The summed E-state index contributed by atoms with van der Waals surface area (Å²) in [5.41, 5.74) is -0.0682. The van der Waals surface area contributed by atoms with E-state index in [0.29, 0.717) is 18.0 Å². The highest BCUT2D eigenvalue weighted by molar-refractivity contribution is 5.12. The Morgan fingerprint density at radius 2 is 1.52 bits per heavy atom. The van der Waals surface area contributed by atoms with Gasteiger partial charge in [-0.3, -0.25) is 10.6 Å². The van der Waals surface area contributed by atoms with Gasteiger partial charge in [-0.1, -0.05) is 54.4 Å². The van der Waals surface area contributed by atoms with Gasteiger partial charge in [0.2, 0.25) is 0 Å². The predicted molar refractivity (Wildman–Crippen MR) is 114 cm³/mol. The Balaban J connectivity index is 5.56. The van der Waals surface area contributed by atoms with Crippen LogP contribution in [0.5, 0.6) is 0 Å². The summed E-state index contributed by atoms with van der Waals surface area (Å²) in [4.78, 5) is 0. The van der Waals surface area contributed by atoms with E-state index in [1.54, 1.807) is 0 Å². The van der Waals surface area contributed by atoms with Crippen molar-refractivity contribution in [3.8, 4) is 0 Å². The lowest BCUT2D eigenvalue weighted by atomic mass is 9.87. The van der Waals surface area contributed by atoms with Crippen LogP contribution in [-0.4, -0.2) is 23.3 Å². The predicted octanol–water partition coefficient (Wildman–Crippen LogP) is 5.62. The van der Waals surface area contributed by atoms with Gasteiger partial charge < -0.3 is 5.32 Å². The highest BCUT2D eigenvalue weighted by Gasteiger charge is 2.41. The van der Waals surface area contributed by atoms with E-state index >= 15 is 0 Å². The van der Waals surface area contributed by atoms with E-state index in [1.165, 1.54) is 25.3 Å². The van der Waals surface area contributed by atoms with Crippen molar-refractivity contribution < 1.29 is 0 Å². The SMILES string of the molecule is CCCCC(C)NC(CC)(NC(C)(C)CC)[C](CC)NC(C)C(C)C. The second-order valence-corrected chi connectivity index (χ2v) is 8.82. The standard InChI is InChI=1S/C22H48N3/c1-11-15-16-18(7)24-22(14-4,25-21(9,10)13-3)20(12-2)23-19(8)17(5)6/h17-19,23-25H,11-16H2,1-10H3. The first-order chi connectivity index (χ1) is 11.6. The van der Waals surface area contributed by atoms with Gasteiger partial charge in [0.05, 0.1) is 11.7 Å². The number of nitrogens with one attached hydrogen (secondary N) is 3. The highest BCUT2D eigenvalue weighted by Crippen LogP contribution is 2.28. The molecule has 0 aromatic heterocycles. The fraction of sp³-hybridized carbons (Fsp3) is 0.955. The second-order valence-electron chi connectivity index (χ2n) is 8.82. The van der Waals surface area contributed by atoms with E-state index in [-0.39, 0.29) is 11.2 Å².